The van der Waals surface area contributed by atoms with E-state index in [1.807, 2.05) is 6.08 Å². The molecule has 2 heteroatoms. The van der Waals surface area contributed by atoms with E-state index in [0.717, 1.165) is 6.42 Å². The van der Waals surface area contributed by atoms with Gasteiger partial charge < -0.3 is 4.74 Å². The van der Waals surface area contributed by atoms with E-state index >= 15 is 0 Å². The Morgan fingerprint density at radius 1 is 1.12 bits per heavy atom. The van der Waals surface area contributed by atoms with Crippen molar-refractivity contribution in [2.75, 3.05) is 0 Å². The van der Waals surface area contributed by atoms with Crippen LogP contribution in [-0.4, -0.2) is 5.97 Å². The first-order valence-corrected chi connectivity index (χ1v) is 6.70. The molecular weight excluding hydrogens is 212 g/mol. The minimum Gasteiger partial charge on any atom is -0.431 e. The Morgan fingerprint density at radius 2 is 1.71 bits per heavy atom. The fraction of sp³-hybridized carbons (Fsp3) is 0.667. The highest BCUT2D eigenvalue weighted by atomic mass is 16.5. The second-order valence-corrected chi connectivity index (χ2v) is 4.47. The summed E-state index contributed by atoms with van der Waals surface area (Å²) in [7, 11) is 0. The number of hydrogen-bond acceptors (Lipinski definition) is 2. The molecule has 98 valence electrons. The van der Waals surface area contributed by atoms with Crippen LogP contribution in [-0.2, 0) is 9.53 Å². The van der Waals surface area contributed by atoms with Gasteiger partial charge in [-0.25, -0.2) is 4.79 Å². The van der Waals surface area contributed by atoms with Crippen molar-refractivity contribution in [2.45, 2.75) is 65.2 Å². The Kier molecular flexibility index (Phi) is 10.7. The van der Waals surface area contributed by atoms with E-state index in [0.29, 0.717) is 5.57 Å². The molecule has 0 aromatic carbocycles. The van der Waals surface area contributed by atoms with Crippen LogP contribution in [0.1, 0.15) is 65.2 Å². The first kappa shape index (κ1) is 16.0. The molecule has 2 nitrogen and oxygen atoms in total. The molecule has 0 saturated carbocycles. The predicted octanol–water partition coefficient (Wildman–Crippen LogP) is 4.76. The SMILES string of the molecule is C=C(C)C(=O)OC=CCCCCCCCCC. The summed E-state index contributed by atoms with van der Waals surface area (Å²) in [5, 5.41) is 0. The van der Waals surface area contributed by atoms with Gasteiger partial charge in [-0.3, -0.25) is 0 Å². The zero-order valence-electron chi connectivity index (χ0n) is 11.3. The lowest BCUT2D eigenvalue weighted by Crippen LogP contribution is -1.98. The highest BCUT2D eigenvalue weighted by Gasteiger charge is 1.98. The van der Waals surface area contributed by atoms with Crippen LogP contribution in [0, 0.1) is 0 Å². The van der Waals surface area contributed by atoms with Crippen LogP contribution in [0.4, 0.5) is 0 Å². The van der Waals surface area contributed by atoms with Crippen molar-refractivity contribution in [1.29, 1.82) is 0 Å². The first-order chi connectivity index (χ1) is 8.18. The first-order valence-electron chi connectivity index (χ1n) is 6.70. The van der Waals surface area contributed by atoms with Gasteiger partial charge in [0.1, 0.15) is 0 Å². The van der Waals surface area contributed by atoms with E-state index in [2.05, 4.69) is 13.5 Å². The van der Waals surface area contributed by atoms with E-state index in [1.165, 1.54) is 51.2 Å². The highest BCUT2D eigenvalue weighted by molar-refractivity contribution is 5.87. The zero-order valence-corrected chi connectivity index (χ0v) is 11.3. The summed E-state index contributed by atoms with van der Waals surface area (Å²) in [6.07, 6.45) is 13.5. The largest absolute Gasteiger partial charge is 0.431 e. The Labute approximate surface area is 106 Å². The average molecular weight is 238 g/mol. The van der Waals surface area contributed by atoms with Gasteiger partial charge in [-0.1, -0.05) is 52.0 Å². The number of ether oxygens (including phenoxy) is 1. The van der Waals surface area contributed by atoms with Crippen molar-refractivity contribution in [3.8, 4) is 0 Å². The number of rotatable bonds is 10. The molecule has 0 unspecified atom stereocenters. The van der Waals surface area contributed by atoms with Crippen LogP contribution in [0.5, 0.6) is 0 Å². The molecule has 0 aliphatic heterocycles. The lowest BCUT2D eigenvalue weighted by atomic mass is 10.1. The number of esters is 1. The molecule has 0 aliphatic carbocycles. The van der Waals surface area contributed by atoms with Gasteiger partial charge in [0.25, 0.3) is 0 Å². The van der Waals surface area contributed by atoms with Crippen molar-refractivity contribution < 1.29 is 9.53 Å². The number of unbranched alkanes of at least 4 members (excludes halogenated alkanes) is 7. The minimum absolute atomic E-state index is 0.346. The van der Waals surface area contributed by atoms with Gasteiger partial charge in [0.15, 0.2) is 0 Å². The Bertz CT molecular complexity index is 241. The van der Waals surface area contributed by atoms with E-state index < -0.39 is 0 Å². The molecule has 0 spiro atoms. The summed E-state index contributed by atoms with van der Waals surface area (Å²) in [6.45, 7) is 7.39. The van der Waals surface area contributed by atoms with Crippen molar-refractivity contribution in [2.24, 2.45) is 0 Å². The van der Waals surface area contributed by atoms with Gasteiger partial charge in [0, 0.05) is 5.57 Å². The topological polar surface area (TPSA) is 26.3 Å². The lowest BCUT2D eigenvalue weighted by molar-refractivity contribution is -0.133. The van der Waals surface area contributed by atoms with E-state index in [1.54, 1.807) is 6.92 Å². The normalized spacial score (nSPS) is 10.7. The van der Waals surface area contributed by atoms with E-state index in [4.69, 9.17) is 4.74 Å². The monoisotopic (exact) mass is 238 g/mol. The van der Waals surface area contributed by atoms with Crippen LogP contribution < -0.4 is 0 Å². The van der Waals surface area contributed by atoms with Gasteiger partial charge in [0.2, 0.25) is 0 Å². The van der Waals surface area contributed by atoms with Crippen LogP contribution in [0.3, 0.4) is 0 Å². The number of carbonyl (C=O) groups excluding carboxylic acids is 1. The summed E-state index contributed by atoms with van der Waals surface area (Å²) < 4.78 is 4.84. The summed E-state index contributed by atoms with van der Waals surface area (Å²) in [5.41, 5.74) is 0.436. The lowest BCUT2D eigenvalue weighted by Gasteiger charge is -1.99. The third-order valence-electron chi connectivity index (χ3n) is 2.59. The van der Waals surface area contributed by atoms with Crippen LogP contribution >= 0.6 is 0 Å². The third kappa shape index (κ3) is 11.2. The molecule has 0 amide bonds. The number of hydrogen-bond donors (Lipinski definition) is 0. The standard InChI is InChI=1S/C15H26O2/c1-4-5-6-7-8-9-10-11-12-13-17-15(16)14(2)3/h12-13H,2,4-11H2,1,3H3. The summed E-state index contributed by atoms with van der Waals surface area (Å²) in [4.78, 5) is 11.0. The molecule has 0 atom stereocenters. The molecule has 0 saturated heterocycles. The molecule has 0 rings (SSSR count). The van der Waals surface area contributed by atoms with E-state index in [-0.39, 0.29) is 5.97 Å². The molecule has 0 bridgehead atoms. The molecule has 0 aromatic rings. The summed E-state index contributed by atoms with van der Waals surface area (Å²) in [6, 6.07) is 0. The van der Waals surface area contributed by atoms with Gasteiger partial charge in [-0.2, -0.15) is 0 Å². The maximum Gasteiger partial charge on any atom is 0.337 e. The number of carbonyl (C=O) groups is 1. The molecule has 0 aromatic heterocycles. The third-order valence-corrected chi connectivity index (χ3v) is 2.59. The van der Waals surface area contributed by atoms with Crippen LogP contribution in [0.25, 0.3) is 0 Å². The fourth-order valence-corrected chi connectivity index (χ4v) is 1.50. The van der Waals surface area contributed by atoms with Gasteiger partial charge in [-0.15, -0.1) is 0 Å². The Morgan fingerprint density at radius 3 is 2.29 bits per heavy atom. The van der Waals surface area contributed by atoms with Gasteiger partial charge >= 0.3 is 5.97 Å². The molecule has 17 heavy (non-hydrogen) atoms. The molecule has 0 fully saturated rings. The quantitative estimate of drug-likeness (QED) is 0.237. The molecule has 0 aliphatic rings. The molecule has 0 N–H and O–H groups in total. The minimum atomic E-state index is -0.346. The molecule has 0 radical (unpaired) electrons. The van der Waals surface area contributed by atoms with Crippen LogP contribution in [0.2, 0.25) is 0 Å². The van der Waals surface area contributed by atoms with E-state index in [9.17, 15) is 4.79 Å². The maximum absolute atomic E-state index is 11.0. The second-order valence-electron chi connectivity index (χ2n) is 4.47. The number of allylic oxidation sites excluding steroid dienone is 1. The van der Waals surface area contributed by atoms with Crippen molar-refractivity contribution in [3.05, 3.63) is 24.5 Å². The highest BCUT2D eigenvalue weighted by Crippen LogP contribution is 2.08. The van der Waals surface area contributed by atoms with Crippen molar-refractivity contribution >= 4 is 5.97 Å². The summed E-state index contributed by atoms with van der Waals surface area (Å²) in [5.74, 6) is -0.346. The fourth-order valence-electron chi connectivity index (χ4n) is 1.50. The molecular formula is C15H26O2. The smallest absolute Gasteiger partial charge is 0.337 e. The predicted molar refractivity (Wildman–Crippen MR) is 72.7 cm³/mol. The van der Waals surface area contributed by atoms with Gasteiger partial charge in [-0.05, 0) is 25.8 Å². The Balaban J connectivity index is 3.25. The van der Waals surface area contributed by atoms with Crippen LogP contribution in [0.15, 0.2) is 24.5 Å². The van der Waals surface area contributed by atoms with Crippen molar-refractivity contribution in [1.82, 2.24) is 0 Å². The molecule has 0 heterocycles. The average Bonchev–Trinajstić information content (AvgIpc) is 2.31. The zero-order chi connectivity index (χ0) is 12.9. The maximum atomic E-state index is 11.0. The second kappa shape index (κ2) is 11.4. The summed E-state index contributed by atoms with van der Waals surface area (Å²) >= 11 is 0. The Hall–Kier alpha value is -1.05. The van der Waals surface area contributed by atoms with Crippen molar-refractivity contribution in [3.63, 3.8) is 0 Å². The van der Waals surface area contributed by atoms with Gasteiger partial charge in [0.05, 0.1) is 6.26 Å².